The average Bonchev–Trinajstić information content (AvgIpc) is 2.67. The van der Waals surface area contributed by atoms with Gasteiger partial charge in [0, 0.05) is 37.8 Å². The van der Waals surface area contributed by atoms with Crippen molar-refractivity contribution in [2.45, 2.75) is 4.90 Å². The number of sulfonamides is 1. The van der Waals surface area contributed by atoms with Crippen LogP contribution in [-0.2, 0) is 10.0 Å². The van der Waals surface area contributed by atoms with Gasteiger partial charge >= 0.3 is 0 Å². The number of nitro groups is 1. The minimum absolute atomic E-state index is 0.0886. The molecule has 1 fully saturated rings. The Morgan fingerprint density at radius 1 is 1.04 bits per heavy atom. The molecule has 3 rings (SSSR count). The fraction of sp³-hybridized carbons (Fsp3) is 0.235. The van der Waals surface area contributed by atoms with Crippen molar-refractivity contribution in [3.05, 3.63) is 64.2 Å². The van der Waals surface area contributed by atoms with Gasteiger partial charge in [-0.2, -0.15) is 0 Å². The predicted molar refractivity (Wildman–Crippen MR) is 99.0 cm³/mol. The van der Waals surface area contributed by atoms with Crippen LogP contribution in [0, 0.1) is 10.1 Å². The number of piperazine rings is 1. The molecule has 0 saturated carbocycles. The van der Waals surface area contributed by atoms with E-state index in [-0.39, 0.29) is 16.5 Å². The Bertz CT molecular complexity index is 970. The molecule has 142 valence electrons. The number of amides is 1. The number of hydrogen-bond acceptors (Lipinski definition) is 6. The van der Waals surface area contributed by atoms with Crippen LogP contribution in [0.25, 0.3) is 0 Å². The summed E-state index contributed by atoms with van der Waals surface area (Å²) in [5, 5.41) is 16.4. The molecule has 0 radical (unpaired) electrons. The smallest absolute Gasteiger partial charge is 0.293 e. The zero-order chi connectivity index (χ0) is 19.6. The van der Waals surface area contributed by atoms with Crippen LogP contribution in [0.3, 0.4) is 0 Å². The Balaban J connectivity index is 1.78. The van der Waals surface area contributed by atoms with Crippen molar-refractivity contribution in [3.63, 3.8) is 0 Å². The van der Waals surface area contributed by atoms with Crippen molar-refractivity contribution < 1.29 is 18.1 Å². The van der Waals surface area contributed by atoms with Gasteiger partial charge in [0.1, 0.15) is 5.69 Å². The van der Waals surface area contributed by atoms with Crippen molar-refractivity contribution in [2.24, 2.45) is 5.14 Å². The molecular weight excluding hydrogens is 372 g/mol. The molecular formula is C17H18N4O5S. The van der Waals surface area contributed by atoms with Gasteiger partial charge in [-0.1, -0.05) is 18.2 Å². The molecule has 2 aromatic carbocycles. The van der Waals surface area contributed by atoms with Crippen LogP contribution in [0.5, 0.6) is 0 Å². The summed E-state index contributed by atoms with van der Waals surface area (Å²) >= 11 is 0. The van der Waals surface area contributed by atoms with Crippen LogP contribution in [-0.4, -0.2) is 50.3 Å². The van der Waals surface area contributed by atoms with E-state index in [1.807, 2.05) is 6.07 Å². The summed E-state index contributed by atoms with van der Waals surface area (Å²) in [5.74, 6) is -0.0886. The third kappa shape index (κ3) is 4.07. The lowest BCUT2D eigenvalue weighted by Gasteiger charge is -2.35. The SMILES string of the molecule is NS(=O)(=O)c1ccc(N2CCN(C(=O)c3ccccc3)CC2)c([N+](=O)[O-])c1. The molecule has 1 aliphatic heterocycles. The third-order valence-electron chi connectivity index (χ3n) is 4.40. The van der Waals surface area contributed by atoms with Crippen molar-refractivity contribution in [3.8, 4) is 0 Å². The molecule has 0 aromatic heterocycles. The van der Waals surface area contributed by atoms with E-state index in [1.54, 1.807) is 34.1 Å². The van der Waals surface area contributed by atoms with E-state index in [9.17, 15) is 23.3 Å². The Hall–Kier alpha value is -2.98. The second-order valence-electron chi connectivity index (χ2n) is 6.10. The lowest BCUT2D eigenvalue weighted by Crippen LogP contribution is -2.49. The van der Waals surface area contributed by atoms with Crippen molar-refractivity contribution in [2.75, 3.05) is 31.1 Å². The third-order valence-corrected chi connectivity index (χ3v) is 5.31. The van der Waals surface area contributed by atoms with Crippen LogP contribution < -0.4 is 10.0 Å². The highest BCUT2D eigenvalue weighted by Gasteiger charge is 2.27. The van der Waals surface area contributed by atoms with Crippen LogP contribution >= 0.6 is 0 Å². The number of carbonyl (C=O) groups is 1. The number of primary sulfonamides is 1. The van der Waals surface area contributed by atoms with Crippen molar-refractivity contribution in [1.29, 1.82) is 0 Å². The van der Waals surface area contributed by atoms with Crippen LogP contribution in [0.1, 0.15) is 10.4 Å². The summed E-state index contributed by atoms with van der Waals surface area (Å²) in [4.78, 5) is 26.4. The Kier molecular flexibility index (Phi) is 5.10. The minimum Gasteiger partial charge on any atom is -0.362 e. The minimum atomic E-state index is -4.03. The highest BCUT2D eigenvalue weighted by Crippen LogP contribution is 2.31. The molecule has 0 atom stereocenters. The monoisotopic (exact) mass is 390 g/mol. The fourth-order valence-electron chi connectivity index (χ4n) is 3.01. The Morgan fingerprint density at radius 2 is 1.67 bits per heavy atom. The maximum absolute atomic E-state index is 12.5. The fourth-order valence-corrected chi connectivity index (χ4v) is 3.54. The van der Waals surface area contributed by atoms with Gasteiger partial charge in [-0.05, 0) is 24.3 Å². The molecule has 1 heterocycles. The number of anilines is 1. The zero-order valence-electron chi connectivity index (χ0n) is 14.3. The number of carbonyl (C=O) groups excluding carboxylic acids is 1. The molecule has 0 unspecified atom stereocenters. The maximum atomic E-state index is 12.5. The number of nitro benzene ring substituents is 1. The van der Waals surface area contributed by atoms with E-state index in [0.29, 0.717) is 37.4 Å². The first-order chi connectivity index (χ1) is 12.8. The highest BCUT2D eigenvalue weighted by molar-refractivity contribution is 7.89. The molecule has 10 heteroatoms. The second-order valence-corrected chi connectivity index (χ2v) is 7.66. The molecule has 1 amide bonds. The van der Waals surface area contributed by atoms with Gasteiger partial charge in [0.2, 0.25) is 10.0 Å². The number of nitrogens with two attached hydrogens (primary N) is 1. The topological polar surface area (TPSA) is 127 Å². The van der Waals surface area contributed by atoms with E-state index in [2.05, 4.69) is 0 Å². The summed E-state index contributed by atoms with van der Waals surface area (Å²) in [7, 11) is -4.03. The standard InChI is InChI=1S/C17H18N4O5S/c18-27(25,26)14-6-7-15(16(12-14)21(23)24)19-8-10-20(11-9-19)17(22)13-4-2-1-3-5-13/h1-7,12H,8-11H2,(H2,18,25,26). The normalized spacial score (nSPS) is 14.9. The van der Waals surface area contributed by atoms with Crippen LogP contribution in [0.15, 0.2) is 53.4 Å². The molecule has 0 bridgehead atoms. The summed E-state index contributed by atoms with van der Waals surface area (Å²) in [6.45, 7) is 1.60. The highest BCUT2D eigenvalue weighted by atomic mass is 32.2. The predicted octanol–water partition coefficient (Wildman–Crippen LogP) is 1.20. The van der Waals surface area contributed by atoms with E-state index in [0.717, 1.165) is 6.07 Å². The summed E-state index contributed by atoms with van der Waals surface area (Å²) < 4.78 is 22.9. The number of hydrogen-bond donors (Lipinski definition) is 1. The second kappa shape index (κ2) is 7.33. The number of nitrogens with zero attached hydrogens (tertiary/aromatic N) is 3. The first-order valence-electron chi connectivity index (χ1n) is 8.18. The van der Waals surface area contributed by atoms with Crippen molar-refractivity contribution >= 4 is 27.3 Å². The first kappa shape index (κ1) is 18.8. The van der Waals surface area contributed by atoms with E-state index in [4.69, 9.17) is 5.14 Å². The molecule has 0 aliphatic carbocycles. The van der Waals surface area contributed by atoms with E-state index >= 15 is 0 Å². The van der Waals surface area contributed by atoms with Crippen LogP contribution in [0.2, 0.25) is 0 Å². The number of benzene rings is 2. The molecule has 27 heavy (non-hydrogen) atoms. The Morgan fingerprint density at radius 3 is 2.22 bits per heavy atom. The van der Waals surface area contributed by atoms with Gasteiger partial charge in [-0.15, -0.1) is 0 Å². The van der Waals surface area contributed by atoms with E-state index in [1.165, 1.54) is 12.1 Å². The van der Waals surface area contributed by atoms with Gasteiger partial charge in [-0.3, -0.25) is 14.9 Å². The quantitative estimate of drug-likeness (QED) is 0.617. The van der Waals surface area contributed by atoms with Crippen molar-refractivity contribution in [1.82, 2.24) is 4.90 Å². The molecule has 0 spiro atoms. The van der Waals surface area contributed by atoms with Gasteiger partial charge in [0.15, 0.2) is 0 Å². The largest absolute Gasteiger partial charge is 0.362 e. The molecule has 2 aromatic rings. The summed E-state index contributed by atoms with van der Waals surface area (Å²) in [5.41, 5.74) is 0.568. The lowest BCUT2D eigenvalue weighted by atomic mass is 10.1. The average molecular weight is 390 g/mol. The lowest BCUT2D eigenvalue weighted by molar-refractivity contribution is -0.384. The molecule has 1 aliphatic rings. The summed E-state index contributed by atoms with van der Waals surface area (Å²) in [6, 6.07) is 12.5. The zero-order valence-corrected chi connectivity index (χ0v) is 15.1. The number of rotatable bonds is 4. The van der Waals surface area contributed by atoms with Crippen LogP contribution in [0.4, 0.5) is 11.4 Å². The first-order valence-corrected chi connectivity index (χ1v) is 9.72. The van der Waals surface area contributed by atoms with Gasteiger partial charge in [0.05, 0.1) is 9.82 Å². The van der Waals surface area contributed by atoms with Gasteiger partial charge in [-0.25, -0.2) is 13.6 Å². The molecule has 2 N–H and O–H groups in total. The van der Waals surface area contributed by atoms with Gasteiger partial charge < -0.3 is 9.80 Å². The Labute approximate surface area is 156 Å². The summed E-state index contributed by atoms with van der Waals surface area (Å²) in [6.07, 6.45) is 0. The van der Waals surface area contributed by atoms with Gasteiger partial charge in [0.25, 0.3) is 11.6 Å². The maximum Gasteiger partial charge on any atom is 0.293 e. The molecule has 1 saturated heterocycles. The van der Waals surface area contributed by atoms with E-state index < -0.39 is 14.9 Å². The molecule has 9 nitrogen and oxygen atoms in total.